The smallest absolute Gasteiger partial charge is 0.0591 e. The van der Waals surface area contributed by atoms with E-state index in [2.05, 4.69) is 19.9 Å². The van der Waals surface area contributed by atoms with E-state index in [1.165, 1.54) is 57.8 Å². The molecule has 0 amide bonds. The summed E-state index contributed by atoms with van der Waals surface area (Å²) in [6, 6.07) is 0.422. The van der Waals surface area contributed by atoms with Crippen LogP contribution in [0.2, 0.25) is 0 Å². The number of hydrogen-bond acceptors (Lipinski definition) is 2. The highest BCUT2D eigenvalue weighted by molar-refractivity contribution is 5.20. The van der Waals surface area contributed by atoms with Crippen LogP contribution in [0, 0.1) is 40.9 Å². The van der Waals surface area contributed by atoms with Gasteiger partial charge in [0.05, 0.1) is 5.60 Å². The van der Waals surface area contributed by atoms with E-state index >= 15 is 0 Å². The summed E-state index contributed by atoms with van der Waals surface area (Å²) in [6.45, 7) is 9.04. The second kappa shape index (κ2) is 7.17. The van der Waals surface area contributed by atoms with Gasteiger partial charge in [0.15, 0.2) is 0 Å². The van der Waals surface area contributed by atoms with Crippen LogP contribution in [0.4, 0.5) is 0 Å². The van der Waals surface area contributed by atoms with Crippen molar-refractivity contribution in [2.75, 3.05) is 0 Å². The van der Waals surface area contributed by atoms with Crippen molar-refractivity contribution < 1.29 is 5.11 Å². The van der Waals surface area contributed by atoms with Gasteiger partial charge in [-0.15, -0.1) is 0 Å². The quantitative estimate of drug-likeness (QED) is 0.622. The van der Waals surface area contributed by atoms with Gasteiger partial charge in [0.2, 0.25) is 0 Å². The van der Waals surface area contributed by atoms with Crippen LogP contribution in [-0.4, -0.2) is 16.7 Å². The molecule has 8 atom stereocenters. The van der Waals surface area contributed by atoms with Gasteiger partial charge in [-0.3, -0.25) is 0 Å². The van der Waals surface area contributed by atoms with Crippen LogP contribution in [0.5, 0.6) is 0 Å². The van der Waals surface area contributed by atoms with Crippen LogP contribution < -0.4 is 5.73 Å². The van der Waals surface area contributed by atoms with Crippen molar-refractivity contribution in [3.8, 4) is 0 Å². The molecule has 0 aromatic heterocycles. The molecule has 3 N–H and O–H groups in total. The molecule has 4 unspecified atom stereocenters. The number of fused-ring (bicyclic) bond motifs is 5. The van der Waals surface area contributed by atoms with Gasteiger partial charge in [0.25, 0.3) is 0 Å². The first-order chi connectivity index (χ1) is 12.7. The maximum atomic E-state index is 10.2. The van der Waals surface area contributed by atoms with Crippen LogP contribution in [0.1, 0.15) is 91.9 Å². The molecule has 4 rings (SSSR count). The first-order valence-corrected chi connectivity index (χ1v) is 11.9. The van der Waals surface area contributed by atoms with Gasteiger partial charge in [-0.1, -0.05) is 25.5 Å². The van der Waals surface area contributed by atoms with Gasteiger partial charge >= 0.3 is 0 Å². The Bertz CT molecular complexity index is 575. The lowest BCUT2D eigenvalue weighted by atomic mass is 9.51. The molecule has 3 fully saturated rings. The van der Waals surface area contributed by atoms with Crippen molar-refractivity contribution in [1.29, 1.82) is 0 Å². The number of nitrogens with two attached hydrogens (primary N) is 1. The van der Waals surface area contributed by atoms with Crippen LogP contribution in [0.3, 0.4) is 0 Å². The molecule has 0 aromatic rings. The maximum absolute atomic E-state index is 10.2. The fourth-order valence-corrected chi connectivity index (χ4v) is 8.06. The van der Waals surface area contributed by atoms with Gasteiger partial charge in [-0.05, 0) is 119 Å². The molecule has 0 radical (unpaired) electrons. The molecule has 0 bridgehead atoms. The molecule has 2 nitrogen and oxygen atoms in total. The monoisotopic (exact) mass is 373 g/mol. The van der Waals surface area contributed by atoms with Gasteiger partial charge in [0, 0.05) is 6.04 Å². The van der Waals surface area contributed by atoms with E-state index in [4.69, 9.17) is 5.73 Å². The predicted octanol–water partition coefficient (Wildman–Crippen LogP) is 5.69. The summed E-state index contributed by atoms with van der Waals surface area (Å²) in [4.78, 5) is 0. The summed E-state index contributed by atoms with van der Waals surface area (Å²) in [6.07, 6.45) is 15.6. The topological polar surface area (TPSA) is 46.2 Å². The highest BCUT2D eigenvalue weighted by Crippen LogP contribution is 2.64. The minimum absolute atomic E-state index is 0.422. The third-order valence-corrected chi connectivity index (χ3v) is 9.46. The average molecular weight is 374 g/mol. The summed E-state index contributed by atoms with van der Waals surface area (Å²) in [5, 5.41) is 10.2. The largest absolute Gasteiger partial charge is 0.390 e. The summed E-state index contributed by atoms with van der Waals surface area (Å²) in [5.74, 6) is 5.26. The van der Waals surface area contributed by atoms with Crippen LogP contribution >= 0.6 is 0 Å². The Labute approximate surface area is 167 Å². The highest BCUT2D eigenvalue weighted by Gasteiger charge is 2.56. The highest BCUT2D eigenvalue weighted by atomic mass is 16.3. The average Bonchev–Trinajstić information content (AvgIpc) is 2.96. The SMILES string of the molecule is CC(CCC(C)(C)O)[C@H]1CCC2C3CC=C4C[C@@H](N)CC[C@@H]4C3CC[C@@]21C. The van der Waals surface area contributed by atoms with Gasteiger partial charge in [-0.25, -0.2) is 0 Å². The lowest BCUT2D eigenvalue weighted by Gasteiger charge is -2.54. The molecule has 27 heavy (non-hydrogen) atoms. The Kier molecular flexibility index (Phi) is 5.30. The Morgan fingerprint density at radius 1 is 1.19 bits per heavy atom. The first kappa shape index (κ1) is 20.0. The van der Waals surface area contributed by atoms with Gasteiger partial charge < -0.3 is 10.8 Å². The fraction of sp³-hybridized carbons (Fsp3) is 0.920. The van der Waals surface area contributed by atoms with E-state index < -0.39 is 5.60 Å². The molecular formula is C25H43NO. The van der Waals surface area contributed by atoms with Crippen molar-refractivity contribution in [3.63, 3.8) is 0 Å². The number of rotatable bonds is 4. The molecule has 154 valence electrons. The Morgan fingerprint density at radius 3 is 2.70 bits per heavy atom. The van der Waals surface area contributed by atoms with E-state index in [9.17, 15) is 5.11 Å². The minimum atomic E-state index is -0.517. The minimum Gasteiger partial charge on any atom is -0.390 e. The number of hydrogen-bond donors (Lipinski definition) is 2. The van der Waals surface area contributed by atoms with Crippen molar-refractivity contribution >= 4 is 0 Å². The van der Waals surface area contributed by atoms with Crippen LogP contribution in [0.15, 0.2) is 11.6 Å². The van der Waals surface area contributed by atoms with Crippen LogP contribution in [-0.2, 0) is 0 Å². The van der Waals surface area contributed by atoms with Gasteiger partial charge in [-0.2, -0.15) is 0 Å². The second-order valence-corrected chi connectivity index (χ2v) is 11.7. The molecule has 3 saturated carbocycles. The summed E-state index contributed by atoms with van der Waals surface area (Å²) in [5.41, 5.74) is 8.02. The summed E-state index contributed by atoms with van der Waals surface area (Å²) < 4.78 is 0. The third kappa shape index (κ3) is 3.66. The summed E-state index contributed by atoms with van der Waals surface area (Å²) in [7, 11) is 0. The number of allylic oxidation sites excluding steroid dienone is 1. The molecule has 0 saturated heterocycles. The van der Waals surface area contributed by atoms with E-state index in [0.717, 1.165) is 41.9 Å². The zero-order valence-corrected chi connectivity index (χ0v) is 18.2. The zero-order chi connectivity index (χ0) is 19.4. The second-order valence-electron chi connectivity index (χ2n) is 11.7. The molecule has 0 heterocycles. The zero-order valence-electron chi connectivity index (χ0n) is 18.2. The van der Waals surface area contributed by atoms with E-state index in [1.54, 1.807) is 5.57 Å². The first-order valence-electron chi connectivity index (χ1n) is 11.9. The van der Waals surface area contributed by atoms with Crippen molar-refractivity contribution in [2.45, 2.75) is 104 Å². The standard InChI is InChI=1S/C25H43NO/c1-16(11-13-24(2,3)27)22-9-10-23-21-7-5-17-15-18(26)6-8-19(17)20(21)12-14-25(22,23)4/h5,16,18-23,27H,6-15,26H2,1-4H3/t16?,18-,19-,20?,21?,22+,23?,25+/m0/s1. The van der Waals surface area contributed by atoms with Crippen molar-refractivity contribution in [1.82, 2.24) is 0 Å². The molecule has 0 aliphatic heterocycles. The Hall–Kier alpha value is -0.340. The lowest BCUT2D eigenvalue weighted by molar-refractivity contribution is -0.0280. The maximum Gasteiger partial charge on any atom is 0.0591 e. The molecule has 2 heteroatoms. The van der Waals surface area contributed by atoms with E-state index in [-0.39, 0.29) is 0 Å². The third-order valence-electron chi connectivity index (χ3n) is 9.46. The Morgan fingerprint density at radius 2 is 1.96 bits per heavy atom. The van der Waals surface area contributed by atoms with Crippen LogP contribution in [0.25, 0.3) is 0 Å². The van der Waals surface area contributed by atoms with Crippen molar-refractivity contribution in [3.05, 3.63) is 11.6 Å². The normalized spacial score (nSPS) is 45.5. The molecule has 0 aromatic carbocycles. The lowest BCUT2D eigenvalue weighted by Crippen LogP contribution is -2.47. The molecule has 4 aliphatic rings. The Balaban J connectivity index is 1.48. The molecule has 0 spiro atoms. The van der Waals surface area contributed by atoms with E-state index in [1.807, 2.05) is 13.8 Å². The van der Waals surface area contributed by atoms with Gasteiger partial charge in [0.1, 0.15) is 0 Å². The summed E-state index contributed by atoms with van der Waals surface area (Å²) >= 11 is 0. The fourth-order valence-electron chi connectivity index (χ4n) is 8.06. The molecular weight excluding hydrogens is 330 g/mol. The molecule has 4 aliphatic carbocycles. The van der Waals surface area contributed by atoms with Crippen molar-refractivity contribution in [2.24, 2.45) is 46.7 Å². The van der Waals surface area contributed by atoms with E-state index in [0.29, 0.717) is 11.5 Å². The predicted molar refractivity (Wildman–Crippen MR) is 113 cm³/mol. The number of aliphatic hydroxyl groups is 1.